The minimum Gasteiger partial charge on any atom is -0.493 e. The van der Waals surface area contributed by atoms with Crippen molar-refractivity contribution in [2.75, 3.05) is 21.3 Å². The van der Waals surface area contributed by atoms with E-state index in [1.54, 1.807) is 32.3 Å². The third-order valence-corrected chi connectivity index (χ3v) is 4.21. The van der Waals surface area contributed by atoms with Gasteiger partial charge in [0.1, 0.15) is 12.7 Å². The molecule has 0 aliphatic rings. The molecule has 146 valence electrons. The molecule has 0 bridgehead atoms. The summed E-state index contributed by atoms with van der Waals surface area (Å²) < 4.78 is 12.3. The summed E-state index contributed by atoms with van der Waals surface area (Å²) in [6.07, 6.45) is 3.19. The number of hydrogen-bond acceptors (Lipinski definition) is 5. The highest BCUT2D eigenvalue weighted by Crippen LogP contribution is 2.27. The summed E-state index contributed by atoms with van der Waals surface area (Å²) in [5, 5.41) is 10.7. The van der Waals surface area contributed by atoms with Gasteiger partial charge in [-0.1, -0.05) is 18.2 Å². The first-order valence-electron chi connectivity index (χ1n) is 8.83. The average molecular weight is 380 g/mol. The Bertz CT molecular complexity index is 907. The Morgan fingerprint density at radius 1 is 0.964 bits per heavy atom. The summed E-state index contributed by atoms with van der Waals surface area (Å²) in [4.78, 5) is 8.23. The van der Waals surface area contributed by atoms with E-state index in [1.807, 2.05) is 42.5 Å². The molecule has 3 rings (SSSR count). The molecular weight excluding hydrogens is 356 g/mol. The van der Waals surface area contributed by atoms with Gasteiger partial charge in [0.05, 0.1) is 19.9 Å². The predicted octanol–water partition coefficient (Wildman–Crippen LogP) is 2.15. The molecule has 28 heavy (non-hydrogen) atoms. The molecule has 8 heteroatoms. The second-order valence-corrected chi connectivity index (χ2v) is 5.98. The minimum absolute atomic E-state index is 0.616. The summed E-state index contributed by atoms with van der Waals surface area (Å²) in [6.45, 7) is 1.27. The van der Waals surface area contributed by atoms with Crippen LogP contribution >= 0.6 is 0 Å². The van der Waals surface area contributed by atoms with Gasteiger partial charge in [-0.05, 0) is 35.4 Å². The summed E-state index contributed by atoms with van der Waals surface area (Å²) in [7, 11) is 5.00. The smallest absolute Gasteiger partial charge is 0.191 e. The summed E-state index contributed by atoms with van der Waals surface area (Å²) in [5.74, 6) is 2.13. The number of aromatic nitrogens is 3. The highest BCUT2D eigenvalue weighted by Gasteiger charge is 2.05. The third-order valence-electron chi connectivity index (χ3n) is 4.21. The summed E-state index contributed by atoms with van der Waals surface area (Å²) in [6, 6.07) is 13.9. The molecule has 0 unspecified atom stereocenters. The Labute approximate surface area is 164 Å². The van der Waals surface area contributed by atoms with Crippen LogP contribution in [0.3, 0.4) is 0 Å². The zero-order valence-corrected chi connectivity index (χ0v) is 16.2. The van der Waals surface area contributed by atoms with Gasteiger partial charge < -0.3 is 20.1 Å². The average Bonchev–Trinajstić information content (AvgIpc) is 3.29. The van der Waals surface area contributed by atoms with Crippen LogP contribution in [0.15, 0.2) is 60.1 Å². The van der Waals surface area contributed by atoms with Crippen molar-refractivity contribution in [2.45, 2.75) is 13.1 Å². The van der Waals surface area contributed by atoms with Crippen LogP contribution in [0.4, 0.5) is 0 Å². The van der Waals surface area contributed by atoms with Crippen molar-refractivity contribution in [2.24, 2.45) is 4.99 Å². The fraction of sp³-hybridized carbons (Fsp3) is 0.250. The lowest BCUT2D eigenvalue weighted by molar-refractivity contribution is 0.354. The molecule has 0 radical (unpaired) electrons. The maximum atomic E-state index is 5.34. The molecule has 0 saturated heterocycles. The molecule has 0 aliphatic carbocycles. The van der Waals surface area contributed by atoms with Gasteiger partial charge in [0.15, 0.2) is 17.5 Å². The quantitative estimate of drug-likeness (QED) is 0.483. The first-order valence-corrected chi connectivity index (χ1v) is 8.83. The van der Waals surface area contributed by atoms with Gasteiger partial charge in [0, 0.05) is 20.1 Å². The zero-order valence-electron chi connectivity index (χ0n) is 16.2. The number of guanidine groups is 1. The molecule has 3 aromatic rings. The molecule has 8 nitrogen and oxygen atoms in total. The van der Waals surface area contributed by atoms with Crippen molar-refractivity contribution in [3.8, 4) is 17.2 Å². The first kappa shape index (κ1) is 19.2. The van der Waals surface area contributed by atoms with E-state index in [2.05, 4.69) is 25.7 Å². The predicted molar refractivity (Wildman–Crippen MR) is 108 cm³/mol. The van der Waals surface area contributed by atoms with Gasteiger partial charge in [-0.3, -0.25) is 4.99 Å². The third kappa shape index (κ3) is 4.79. The number of methoxy groups -OCH3 is 2. The van der Waals surface area contributed by atoms with Crippen molar-refractivity contribution in [3.63, 3.8) is 0 Å². The Morgan fingerprint density at radius 3 is 2.25 bits per heavy atom. The topological polar surface area (TPSA) is 85.6 Å². The SMILES string of the molecule is CN=C(NCc1ccc(-n2cncn2)cc1)NCc1ccc(OC)c(OC)c1. The maximum absolute atomic E-state index is 5.34. The van der Waals surface area contributed by atoms with Gasteiger partial charge in [-0.2, -0.15) is 5.10 Å². The molecule has 2 N–H and O–H groups in total. The monoisotopic (exact) mass is 380 g/mol. The van der Waals surface area contributed by atoms with E-state index in [0.29, 0.717) is 24.6 Å². The molecular formula is C20H24N6O2. The first-order chi connectivity index (χ1) is 13.7. The number of aliphatic imine (C=N–C) groups is 1. The second-order valence-electron chi connectivity index (χ2n) is 5.98. The van der Waals surface area contributed by atoms with Gasteiger partial charge in [-0.15, -0.1) is 0 Å². The van der Waals surface area contributed by atoms with Crippen LogP contribution in [0.5, 0.6) is 11.5 Å². The van der Waals surface area contributed by atoms with Gasteiger partial charge in [-0.25, -0.2) is 9.67 Å². The zero-order chi connectivity index (χ0) is 19.8. The normalized spacial score (nSPS) is 11.2. The van der Waals surface area contributed by atoms with E-state index in [9.17, 15) is 0 Å². The van der Waals surface area contributed by atoms with Crippen LogP contribution in [0, 0.1) is 0 Å². The Kier molecular flexibility index (Phi) is 6.46. The van der Waals surface area contributed by atoms with E-state index in [4.69, 9.17) is 9.47 Å². The second kappa shape index (κ2) is 9.40. The largest absolute Gasteiger partial charge is 0.493 e. The van der Waals surface area contributed by atoms with Crippen LogP contribution < -0.4 is 20.1 Å². The number of nitrogens with zero attached hydrogens (tertiary/aromatic N) is 4. The molecule has 0 saturated carbocycles. The van der Waals surface area contributed by atoms with Crippen LogP contribution in [0.2, 0.25) is 0 Å². The minimum atomic E-state index is 0.616. The fourth-order valence-electron chi connectivity index (χ4n) is 2.69. The molecule has 0 atom stereocenters. The molecule has 1 heterocycles. The van der Waals surface area contributed by atoms with E-state index >= 15 is 0 Å². The lowest BCUT2D eigenvalue weighted by atomic mass is 10.2. The van der Waals surface area contributed by atoms with Crippen LogP contribution in [-0.4, -0.2) is 42.0 Å². The van der Waals surface area contributed by atoms with E-state index in [1.165, 1.54) is 6.33 Å². The van der Waals surface area contributed by atoms with Crippen LogP contribution in [0.25, 0.3) is 5.69 Å². The molecule has 0 amide bonds. The van der Waals surface area contributed by atoms with Crippen LogP contribution in [-0.2, 0) is 13.1 Å². The van der Waals surface area contributed by atoms with E-state index in [0.717, 1.165) is 22.8 Å². The number of rotatable bonds is 7. The fourth-order valence-corrected chi connectivity index (χ4v) is 2.69. The van der Waals surface area contributed by atoms with Crippen molar-refractivity contribution in [3.05, 3.63) is 66.2 Å². The standard InChI is InChI=1S/C20H24N6O2/c1-21-20(24-12-16-6-9-18(27-2)19(10-16)28-3)23-11-15-4-7-17(8-5-15)26-14-22-13-25-26/h4-10,13-14H,11-12H2,1-3H3,(H2,21,23,24). The van der Waals surface area contributed by atoms with Crippen LogP contribution in [0.1, 0.15) is 11.1 Å². The lowest BCUT2D eigenvalue weighted by Gasteiger charge is -2.14. The highest BCUT2D eigenvalue weighted by atomic mass is 16.5. The number of ether oxygens (including phenoxy) is 2. The Hall–Kier alpha value is -3.55. The Balaban J connectivity index is 1.53. The van der Waals surface area contributed by atoms with Gasteiger partial charge in [0.2, 0.25) is 0 Å². The van der Waals surface area contributed by atoms with Crippen molar-refractivity contribution >= 4 is 5.96 Å². The maximum Gasteiger partial charge on any atom is 0.191 e. The van der Waals surface area contributed by atoms with Crippen molar-refractivity contribution < 1.29 is 9.47 Å². The summed E-state index contributed by atoms with van der Waals surface area (Å²) in [5.41, 5.74) is 3.17. The Morgan fingerprint density at radius 2 is 1.64 bits per heavy atom. The molecule has 2 aromatic carbocycles. The van der Waals surface area contributed by atoms with Gasteiger partial charge >= 0.3 is 0 Å². The van der Waals surface area contributed by atoms with Crippen molar-refractivity contribution in [1.82, 2.24) is 25.4 Å². The van der Waals surface area contributed by atoms with Crippen molar-refractivity contribution in [1.29, 1.82) is 0 Å². The number of hydrogen-bond donors (Lipinski definition) is 2. The van der Waals surface area contributed by atoms with Gasteiger partial charge in [0.25, 0.3) is 0 Å². The molecule has 0 aliphatic heterocycles. The lowest BCUT2D eigenvalue weighted by Crippen LogP contribution is -2.36. The molecule has 0 fully saturated rings. The highest BCUT2D eigenvalue weighted by molar-refractivity contribution is 5.79. The molecule has 1 aromatic heterocycles. The molecule has 0 spiro atoms. The summed E-state index contributed by atoms with van der Waals surface area (Å²) >= 11 is 0. The number of benzene rings is 2. The number of nitrogens with one attached hydrogen (secondary N) is 2. The van der Waals surface area contributed by atoms with E-state index < -0.39 is 0 Å². The van der Waals surface area contributed by atoms with E-state index in [-0.39, 0.29) is 0 Å².